The first-order chi connectivity index (χ1) is 12.9. The van der Waals surface area contributed by atoms with Crippen LogP contribution in [0.2, 0.25) is 0 Å². The number of nitrogens with zero attached hydrogens (tertiary/aromatic N) is 2. The van der Waals surface area contributed by atoms with Gasteiger partial charge in [-0.1, -0.05) is 12.1 Å². The summed E-state index contributed by atoms with van der Waals surface area (Å²) in [5.74, 6) is -0.346. The third kappa shape index (κ3) is 4.25. The lowest BCUT2D eigenvalue weighted by molar-refractivity contribution is -0.138. The highest BCUT2D eigenvalue weighted by Crippen LogP contribution is 2.32. The minimum absolute atomic E-state index is 0.0429. The molecule has 3 aromatic rings. The molecular weight excluding hydrogens is 365 g/mol. The van der Waals surface area contributed by atoms with Gasteiger partial charge in [-0.05, 0) is 36.4 Å². The predicted molar refractivity (Wildman–Crippen MR) is 86.8 cm³/mol. The smallest absolute Gasteiger partial charge is 0.417 e. The van der Waals surface area contributed by atoms with E-state index < -0.39 is 29.9 Å². The molecule has 0 aliphatic carbocycles. The number of carbonyl (C=O) groups is 1. The Morgan fingerprint density at radius 1 is 1.07 bits per heavy atom. The molecule has 0 bridgehead atoms. The van der Waals surface area contributed by atoms with E-state index in [4.69, 9.17) is 13.9 Å². The molecule has 0 atom stereocenters. The highest BCUT2D eigenvalue weighted by molar-refractivity contribution is 5.91. The average Bonchev–Trinajstić information content (AvgIpc) is 3.14. The molecule has 0 spiro atoms. The van der Waals surface area contributed by atoms with Gasteiger partial charge in [-0.25, -0.2) is 4.79 Å². The quantitative estimate of drug-likeness (QED) is 0.622. The lowest BCUT2D eigenvalue weighted by Gasteiger charge is -2.11. The van der Waals surface area contributed by atoms with Crippen molar-refractivity contribution in [3.63, 3.8) is 0 Å². The number of hydrogen-bond donors (Lipinski definition) is 0. The van der Waals surface area contributed by atoms with Gasteiger partial charge in [-0.15, -0.1) is 10.2 Å². The van der Waals surface area contributed by atoms with E-state index in [2.05, 4.69) is 10.2 Å². The Morgan fingerprint density at radius 2 is 1.78 bits per heavy atom. The van der Waals surface area contributed by atoms with Crippen LogP contribution in [0.3, 0.4) is 0 Å². The maximum Gasteiger partial charge on any atom is 0.417 e. The molecule has 0 radical (unpaired) electrons. The summed E-state index contributed by atoms with van der Waals surface area (Å²) in [6, 6.07) is 11.2. The highest BCUT2D eigenvalue weighted by atomic mass is 19.4. The molecule has 0 aliphatic heterocycles. The maximum atomic E-state index is 13.0. The number of methoxy groups -OCH3 is 1. The molecule has 0 unspecified atom stereocenters. The van der Waals surface area contributed by atoms with Crippen molar-refractivity contribution in [3.8, 4) is 17.2 Å². The van der Waals surface area contributed by atoms with E-state index in [1.54, 1.807) is 24.3 Å². The van der Waals surface area contributed by atoms with Crippen molar-refractivity contribution in [2.45, 2.75) is 12.8 Å². The van der Waals surface area contributed by atoms with Crippen LogP contribution in [0.25, 0.3) is 11.5 Å². The van der Waals surface area contributed by atoms with Gasteiger partial charge in [0.1, 0.15) is 5.75 Å². The van der Waals surface area contributed by atoms with Crippen molar-refractivity contribution in [2.24, 2.45) is 0 Å². The van der Waals surface area contributed by atoms with Gasteiger partial charge in [0.05, 0.1) is 18.2 Å². The molecule has 0 saturated carbocycles. The van der Waals surface area contributed by atoms with Crippen LogP contribution < -0.4 is 4.74 Å². The van der Waals surface area contributed by atoms with Gasteiger partial charge in [-0.3, -0.25) is 0 Å². The monoisotopic (exact) mass is 378 g/mol. The summed E-state index contributed by atoms with van der Waals surface area (Å²) in [4.78, 5) is 12.0. The maximum absolute atomic E-state index is 13.0. The molecule has 27 heavy (non-hydrogen) atoms. The second-order valence-electron chi connectivity index (χ2n) is 5.35. The van der Waals surface area contributed by atoms with Gasteiger partial charge in [-0.2, -0.15) is 13.2 Å². The van der Waals surface area contributed by atoms with Crippen LogP contribution in [-0.2, 0) is 17.5 Å². The van der Waals surface area contributed by atoms with Crippen molar-refractivity contribution < 1.29 is 31.9 Å². The van der Waals surface area contributed by atoms with Gasteiger partial charge >= 0.3 is 12.1 Å². The SMILES string of the molecule is COc1ccc(-c2nnc(COC(=O)c3ccccc3C(F)(F)F)o2)cc1. The summed E-state index contributed by atoms with van der Waals surface area (Å²) < 4.78 is 54.2. The molecule has 6 nitrogen and oxygen atoms in total. The number of esters is 1. The van der Waals surface area contributed by atoms with Crippen LogP contribution >= 0.6 is 0 Å². The molecule has 0 fully saturated rings. The number of halogens is 3. The van der Waals surface area contributed by atoms with Crippen molar-refractivity contribution in [3.05, 3.63) is 65.5 Å². The van der Waals surface area contributed by atoms with Crippen molar-refractivity contribution in [1.29, 1.82) is 0 Å². The zero-order valence-corrected chi connectivity index (χ0v) is 14.0. The number of benzene rings is 2. The van der Waals surface area contributed by atoms with Gasteiger partial charge in [0, 0.05) is 5.56 Å². The number of ether oxygens (including phenoxy) is 2. The summed E-state index contributed by atoms with van der Waals surface area (Å²) in [7, 11) is 1.53. The lowest BCUT2D eigenvalue weighted by atomic mass is 10.1. The minimum Gasteiger partial charge on any atom is -0.497 e. The Hall–Kier alpha value is -3.36. The average molecular weight is 378 g/mol. The second kappa shape index (κ2) is 7.48. The summed E-state index contributed by atoms with van der Waals surface area (Å²) in [6.07, 6.45) is -4.67. The van der Waals surface area contributed by atoms with E-state index in [1.165, 1.54) is 19.2 Å². The van der Waals surface area contributed by atoms with Crippen molar-refractivity contribution in [1.82, 2.24) is 10.2 Å². The van der Waals surface area contributed by atoms with E-state index in [1.807, 2.05) is 0 Å². The van der Waals surface area contributed by atoms with E-state index in [9.17, 15) is 18.0 Å². The van der Waals surface area contributed by atoms with Crippen molar-refractivity contribution in [2.75, 3.05) is 7.11 Å². The second-order valence-corrected chi connectivity index (χ2v) is 5.35. The Balaban J connectivity index is 1.69. The number of carbonyl (C=O) groups excluding carboxylic acids is 1. The molecule has 140 valence electrons. The van der Waals surface area contributed by atoms with Crippen LogP contribution in [0.4, 0.5) is 13.2 Å². The zero-order valence-electron chi connectivity index (χ0n) is 14.0. The Kier molecular flexibility index (Phi) is 5.11. The summed E-state index contributed by atoms with van der Waals surface area (Å²) in [5.41, 5.74) is -1.04. The Bertz CT molecular complexity index is 936. The fourth-order valence-corrected chi connectivity index (χ4v) is 2.28. The fourth-order valence-electron chi connectivity index (χ4n) is 2.28. The number of aromatic nitrogens is 2. The largest absolute Gasteiger partial charge is 0.497 e. The van der Waals surface area contributed by atoms with Gasteiger partial charge in [0.2, 0.25) is 5.89 Å². The van der Waals surface area contributed by atoms with E-state index in [-0.39, 0.29) is 11.8 Å². The summed E-state index contributed by atoms with van der Waals surface area (Å²) in [6.45, 7) is -0.450. The first-order valence-electron chi connectivity index (χ1n) is 7.68. The number of alkyl halides is 3. The fraction of sp³-hybridized carbons (Fsp3) is 0.167. The van der Waals surface area contributed by atoms with Crippen LogP contribution in [0.1, 0.15) is 21.8 Å². The summed E-state index contributed by atoms with van der Waals surface area (Å²) in [5, 5.41) is 7.55. The third-order valence-corrected chi connectivity index (χ3v) is 3.58. The minimum atomic E-state index is -4.67. The number of hydrogen-bond acceptors (Lipinski definition) is 6. The normalized spacial score (nSPS) is 11.3. The summed E-state index contributed by atoms with van der Waals surface area (Å²) >= 11 is 0. The van der Waals surface area contributed by atoms with Crippen LogP contribution in [0, 0.1) is 0 Å². The topological polar surface area (TPSA) is 74.5 Å². The molecule has 1 heterocycles. The third-order valence-electron chi connectivity index (χ3n) is 3.58. The Labute approximate surface area is 151 Å². The lowest BCUT2D eigenvalue weighted by Crippen LogP contribution is -2.15. The first kappa shape index (κ1) is 18.4. The molecule has 0 saturated heterocycles. The molecule has 2 aromatic carbocycles. The molecule has 3 rings (SSSR count). The van der Waals surface area contributed by atoms with Crippen LogP contribution in [0.5, 0.6) is 5.75 Å². The van der Waals surface area contributed by atoms with Crippen LogP contribution in [0.15, 0.2) is 52.9 Å². The molecule has 0 aliphatic rings. The number of rotatable bonds is 5. The molecular formula is C18H13F3N2O4. The highest BCUT2D eigenvalue weighted by Gasteiger charge is 2.35. The van der Waals surface area contributed by atoms with Gasteiger partial charge in [0.25, 0.3) is 5.89 Å². The van der Waals surface area contributed by atoms with Crippen LogP contribution in [-0.4, -0.2) is 23.3 Å². The van der Waals surface area contributed by atoms with Gasteiger partial charge in [0.15, 0.2) is 6.61 Å². The van der Waals surface area contributed by atoms with E-state index in [0.29, 0.717) is 11.3 Å². The molecule has 9 heteroatoms. The van der Waals surface area contributed by atoms with E-state index >= 15 is 0 Å². The Morgan fingerprint density at radius 3 is 2.44 bits per heavy atom. The predicted octanol–water partition coefficient (Wildman–Crippen LogP) is 4.12. The standard InChI is InChI=1S/C18H13F3N2O4/c1-25-12-8-6-11(7-9-12)16-23-22-15(27-16)10-26-17(24)13-4-2-3-5-14(13)18(19,20)21/h2-9H,10H2,1H3. The molecule has 0 N–H and O–H groups in total. The molecule has 0 amide bonds. The molecule has 1 aromatic heterocycles. The van der Waals surface area contributed by atoms with Gasteiger partial charge < -0.3 is 13.9 Å². The first-order valence-corrected chi connectivity index (χ1v) is 7.68. The van der Waals surface area contributed by atoms with Crippen molar-refractivity contribution >= 4 is 5.97 Å². The van der Waals surface area contributed by atoms with E-state index in [0.717, 1.165) is 12.1 Å². The zero-order chi connectivity index (χ0) is 19.4.